The van der Waals surface area contributed by atoms with E-state index in [1.54, 1.807) is 19.2 Å². The average molecular weight is 161 g/mol. The molecule has 0 saturated heterocycles. The van der Waals surface area contributed by atoms with Crippen LogP contribution in [0.15, 0.2) is 18.2 Å². The summed E-state index contributed by atoms with van der Waals surface area (Å²) in [5.74, 6) is 0. The molecule has 1 aromatic rings. The smallest absolute Gasteiger partial charge is 0.326 e. The predicted octanol–water partition coefficient (Wildman–Crippen LogP) is -0.0372. The molecule has 0 aliphatic carbocycles. The van der Waals surface area contributed by atoms with Crippen LogP contribution in [-0.2, 0) is 0 Å². The van der Waals surface area contributed by atoms with E-state index in [4.69, 9.17) is 10.4 Å². The van der Waals surface area contributed by atoms with Crippen LogP contribution in [0.5, 0.6) is 0 Å². The fraction of sp³-hybridized carbons (Fsp3) is 0.125. The van der Waals surface area contributed by atoms with Crippen LogP contribution in [0.4, 0.5) is 5.69 Å². The lowest BCUT2D eigenvalue weighted by Gasteiger charge is -2.05. The van der Waals surface area contributed by atoms with E-state index in [0.717, 1.165) is 18.7 Å². The number of rotatable bonds is 3. The molecule has 0 fully saturated rings. The molecule has 12 heavy (non-hydrogen) atoms. The van der Waals surface area contributed by atoms with Gasteiger partial charge in [0.15, 0.2) is 0 Å². The van der Waals surface area contributed by atoms with Crippen LogP contribution in [0.2, 0.25) is 0 Å². The van der Waals surface area contributed by atoms with Crippen molar-refractivity contribution in [2.75, 3.05) is 12.4 Å². The minimum Gasteiger partial charge on any atom is -0.450 e. The summed E-state index contributed by atoms with van der Waals surface area (Å²) >= 11 is 0. The summed E-state index contributed by atoms with van der Waals surface area (Å²) in [6.07, 6.45) is 1.25. The van der Waals surface area contributed by atoms with Crippen LogP contribution >= 0.6 is 0 Å². The number of hydrogen-bond acceptors (Lipinski definition) is 3. The maximum atomic E-state index is 8.70. The van der Waals surface area contributed by atoms with E-state index in [1.807, 2.05) is 6.07 Å². The Morgan fingerprint density at radius 1 is 1.58 bits per heavy atom. The van der Waals surface area contributed by atoms with Gasteiger partial charge in [0.05, 0.1) is 0 Å². The highest BCUT2D eigenvalue weighted by atomic mass is 16.2. The maximum Gasteiger partial charge on any atom is 0.326 e. The van der Waals surface area contributed by atoms with E-state index >= 15 is 0 Å². The summed E-state index contributed by atoms with van der Waals surface area (Å²) in [5, 5.41) is 18.8. The minimum atomic E-state index is 0.701. The Balaban J connectivity index is 3.10. The first-order valence-electron chi connectivity index (χ1n) is 3.61. The largest absolute Gasteiger partial charge is 0.450 e. The Bertz CT molecular complexity index is 288. The van der Waals surface area contributed by atoms with Gasteiger partial charge in [0, 0.05) is 24.5 Å². The fourth-order valence-corrected chi connectivity index (χ4v) is 1.01. The third-order valence-electron chi connectivity index (χ3n) is 1.65. The molecular formula is C8H10BN2O. The monoisotopic (exact) mass is 161 g/mol. The summed E-state index contributed by atoms with van der Waals surface area (Å²) < 4.78 is 0. The topological polar surface area (TPSA) is 56.1 Å². The molecule has 3 N–H and O–H groups in total. The second kappa shape index (κ2) is 3.92. The molecule has 1 aromatic carbocycles. The van der Waals surface area contributed by atoms with Crippen molar-refractivity contribution in [2.45, 2.75) is 0 Å². The van der Waals surface area contributed by atoms with Gasteiger partial charge in [-0.2, -0.15) is 0 Å². The van der Waals surface area contributed by atoms with E-state index in [1.165, 1.54) is 6.21 Å². The van der Waals surface area contributed by atoms with Crippen molar-refractivity contribution in [3.05, 3.63) is 23.8 Å². The molecule has 0 aliphatic rings. The molecule has 0 aromatic heterocycles. The lowest BCUT2D eigenvalue weighted by atomic mass is 9.87. The third kappa shape index (κ3) is 1.65. The molecule has 0 atom stereocenters. The standard InChI is InChI=1S/C8H10BN2O/c1-11-8-3-2-7(9-12)4-6(8)5-10/h2-5,10-12H,1H3. The number of benzene rings is 1. The predicted molar refractivity (Wildman–Crippen MR) is 51.5 cm³/mol. The maximum absolute atomic E-state index is 8.70. The van der Waals surface area contributed by atoms with E-state index in [9.17, 15) is 0 Å². The molecule has 0 unspecified atom stereocenters. The summed E-state index contributed by atoms with van der Waals surface area (Å²) in [5.41, 5.74) is 2.35. The zero-order chi connectivity index (χ0) is 8.97. The zero-order valence-corrected chi connectivity index (χ0v) is 6.83. The number of nitrogens with one attached hydrogen (secondary N) is 2. The van der Waals surface area contributed by atoms with Crippen LogP contribution in [0, 0.1) is 5.41 Å². The van der Waals surface area contributed by atoms with Gasteiger partial charge in [-0.05, 0) is 6.07 Å². The Kier molecular flexibility index (Phi) is 2.88. The molecule has 1 rings (SSSR count). The highest BCUT2D eigenvalue weighted by Gasteiger charge is 1.99. The van der Waals surface area contributed by atoms with Gasteiger partial charge in [0.1, 0.15) is 0 Å². The van der Waals surface area contributed by atoms with Crippen LogP contribution < -0.4 is 10.8 Å². The highest BCUT2D eigenvalue weighted by Crippen LogP contribution is 2.09. The third-order valence-corrected chi connectivity index (χ3v) is 1.65. The molecule has 0 spiro atoms. The number of hydrogen-bond donors (Lipinski definition) is 3. The van der Waals surface area contributed by atoms with Crippen molar-refractivity contribution >= 4 is 24.8 Å². The second-order valence-electron chi connectivity index (χ2n) is 2.37. The Morgan fingerprint density at radius 3 is 2.83 bits per heavy atom. The normalized spacial score (nSPS) is 9.17. The van der Waals surface area contributed by atoms with E-state index in [2.05, 4.69) is 5.32 Å². The second-order valence-corrected chi connectivity index (χ2v) is 2.37. The van der Waals surface area contributed by atoms with Gasteiger partial charge in [0.25, 0.3) is 0 Å². The first-order chi connectivity index (χ1) is 5.81. The van der Waals surface area contributed by atoms with Crippen LogP contribution in [0.1, 0.15) is 5.56 Å². The van der Waals surface area contributed by atoms with Crippen LogP contribution in [-0.4, -0.2) is 25.8 Å². The molecular weight excluding hydrogens is 151 g/mol. The average Bonchev–Trinajstić information content (AvgIpc) is 2.16. The highest BCUT2D eigenvalue weighted by molar-refractivity contribution is 6.45. The van der Waals surface area contributed by atoms with Crippen molar-refractivity contribution in [3.8, 4) is 0 Å². The van der Waals surface area contributed by atoms with Crippen LogP contribution in [0.3, 0.4) is 0 Å². The molecule has 3 nitrogen and oxygen atoms in total. The van der Waals surface area contributed by atoms with Gasteiger partial charge < -0.3 is 15.8 Å². The van der Waals surface area contributed by atoms with Crippen molar-refractivity contribution in [1.82, 2.24) is 0 Å². The van der Waals surface area contributed by atoms with Gasteiger partial charge >= 0.3 is 7.48 Å². The first kappa shape index (κ1) is 8.81. The summed E-state index contributed by atoms with van der Waals surface area (Å²) in [4.78, 5) is 0. The van der Waals surface area contributed by atoms with Gasteiger partial charge in [-0.25, -0.2) is 0 Å². The molecule has 0 amide bonds. The first-order valence-corrected chi connectivity index (χ1v) is 3.61. The van der Waals surface area contributed by atoms with E-state index < -0.39 is 0 Å². The molecule has 0 bridgehead atoms. The van der Waals surface area contributed by atoms with Crippen molar-refractivity contribution in [1.29, 1.82) is 5.41 Å². The Labute approximate surface area is 72.2 Å². The number of anilines is 1. The molecule has 1 radical (unpaired) electrons. The lowest BCUT2D eigenvalue weighted by molar-refractivity contribution is 0.615. The molecule has 0 saturated carbocycles. The summed E-state index contributed by atoms with van der Waals surface area (Å²) in [6, 6.07) is 5.33. The summed E-state index contributed by atoms with van der Waals surface area (Å²) in [6.45, 7) is 0. The zero-order valence-electron chi connectivity index (χ0n) is 6.83. The lowest BCUT2D eigenvalue weighted by Crippen LogP contribution is -2.14. The molecule has 61 valence electrons. The van der Waals surface area contributed by atoms with Gasteiger partial charge in [0.2, 0.25) is 0 Å². The van der Waals surface area contributed by atoms with Gasteiger partial charge in [-0.15, -0.1) is 0 Å². The molecule has 0 aliphatic heterocycles. The Morgan fingerprint density at radius 2 is 2.33 bits per heavy atom. The van der Waals surface area contributed by atoms with Gasteiger partial charge in [-0.3, -0.25) is 0 Å². The van der Waals surface area contributed by atoms with E-state index in [-0.39, 0.29) is 0 Å². The van der Waals surface area contributed by atoms with Gasteiger partial charge in [-0.1, -0.05) is 17.6 Å². The fourth-order valence-electron chi connectivity index (χ4n) is 1.01. The minimum absolute atomic E-state index is 0.701. The van der Waals surface area contributed by atoms with Crippen LogP contribution in [0.25, 0.3) is 0 Å². The summed E-state index contributed by atoms with van der Waals surface area (Å²) in [7, 11) is 2.82. The SMILES string of the molecule is CNc1ccc([B]O)cc1C=N. The van der Waals surface area contributed by atoms with Crippen molar-refractivity contribution in [3.63, 3.8) is 0 Å². The van der Waals surface area contributed by atoms with Crippen molar-refractivity contribution < 1.29 is 5.02 Å². The Hall–Kier alpha value is -1.29. The molecule has 0 heterocycles. The van der Waals surface area contributed by atoms with Crippen molar-refractivity contribution in [2.24, 2.45) is 0 Å². The molecule has 4 heteroatoms. The van der Waals surface area contributed by atoms with E-state index in [0.29, 0.717) is 5.46 Å². The quantitative estimate of drug-likeness (QED) is 0.430.